The highest BCUT2D eigenvalue weighted by atomic mass is 16.5. The van der Waals surface area contributed by atoms with Gasteiger partial charge in [0.1, 0.15) is 0 Å². The molecular weight excluding hydrogens is 274 g/mol. The Hall–Kier alpha value is -1.30. The van der Waals surface area contributed by atoms with Crippen molar-refractivity contribution >= 4 is 5.97 Å². The maximum atomic E-state index is 11.6. The van der Waals surface area contributed by atoms with E-state index in [2.05, 4.69) is 33.4 Å². The molecule has 0 bridgehead atoms. The van der Waals surface area contributed by atoms with Crippen molar-refractivity contribution in [3.8, 4) is 6.07 Å². The molecule has 0 saturated heterocycles. The molecule has 0 aromatic rings. The van der Waals surface area contributed by atoms with Crippen LogP contribution in [-0.4, -0.2) is 12.6 Å². The molecule has 1 rings (SSSR count). The third-order valence-electron chi connectivity index (χ3n) is 5.46. The Morgan fingerprint density at radius 1 is 1.45 bits per heavy atom. The van der Waals surface area contributed by atoms with Gasteiger partial charge in [-0.1, -0.05) is 33.8 Å². The van der Waals surface area contributed by atoms with Crippen molar-refractivity contribution in [1.29, 1.82) is 5.26 Å². The van der Waals surface area contributed by atoms with Gasteiger partial charge in [-0.2, -0.15) is 5.26 Å². The lowest BCUT2D eigenvalue weighted by molar-refractivity contribution is -0.140. The zero-order valence-electron chi connectivity index (χ0n) is 14.7. The highest BCUT2D eigenvalue weighted by Gasteiger charge is 2.44. The van der Waals surface area contributed by atoms with Crippen molar-refractivity contribution in [3.63, 3.8) is 0 Å². The van der Waals surface area contributed by atoms with Gasteiger partial charge in [-0.05, 0) is 55.8 Å². The second kappa shape index (κ2) is 8.36. The fraction of sp³-hybridized carbons (Fsp3) is 0.789. The maximum Gasteiger partial charge on any atom is 0.333 e. The Morgan fingerprint density at radius 3 is 2.68 bits per heavy atom. The van der Waals surface area contributed by atoms with Crippen LogP contribution < -0.4 is 0 Å². The van der Waals surface area contributed by atoms with Crippen LogP contribution in [-0.2, 0) is 9.53 Å². The SMILES string of the molecule is C=C(C)C(=O)OCCC1(CC)CC(C)CC(C)C1CCC#N. The van der Waals surface area contributed by atoms with Crippen LogP contribution >= 0.6 is 0 Å². The summed E-state index contributed by atoms with van der Waals surface area (Å²) in [6.07, 6.45) is 5.98. The number of carbonyl (C=O) groups is 1. The van der Waals surface area contributed by atoms with Crippen LogP contribution in [0.25, 0.3) is 0 Å². The zero-order chi connectivity index (χ0) is 16.8. The fourth-order valence-electron chi connectivity index (χ4n) is 4.48. The number of ether oxygens (including phenoxy) is 1. The zero-order valence-corrected chi connectivity index (χ0v) is 14.7. The third-order valence-corrected chi connectivity index (χ3v) is 5.46. The van der Waals surface area contributed by atoms with Crippen molar-refractivity contribution in [2.75, 3.05) is 6.61 Å². The van der Waals surface area contributed by atoms with Crippen molar-refractivity contribution in [1.82, 2.24) is 0 Å². The van der Waals surface area contributed by atoms with Crippen molar-refractivity contribution in [3.05, 3.63) is 12.2 Å². The molecule has 1 aliphatic rings. The first-order valence-corrected chi connectivity index (χ1v) is 8.56. The van der Waals surface area contributed by atoms with Gasteiger partial charge >= 0.3 is 5.97 Å². The second-order valence-electron chi connectivity index (χ2n) is 7.21. The highest BCUT2D eigenvalue weighted by Crippen LogP contribution is 2.52. The average Bonchev–Trinajstić information content (AvgIpc) is 2.45. The number of carbonyl (C=O) groups excluding carboxylic acids is 1. The van der Waals surface area contributed by atoms with Crippen LogP contribution in [0.4, 0.5) is 0 Å². The van der Waals surface area contributed by atoms with Gasteiger partial charge in [0.05, 0.1) is 12.7 Å². The number of hydrogen-bond acceptors (Lipinski definition) is 3. The molecule has 0 heterocycles. The van der Waals surface area contributed by atoms with Crippen molar-refractivity contribution in [2.45, 2.75) is 66.2 Å². The predicted octanol–water partition coefficient (Wildman–Crippen LogP) is 4.88. The number of hydrogen-bond donors (Lipinski definition) is 0. The standard InChI is InChI=1S/C19H31NO2/c1-6-19(9-11-22-18(21)14(2)3)13-15(4)12-16(5)17(19)8-7-10-20/h15-17H,2,6-9,11-13H2,1,3-5H3. The van der Waals surface area contributed by atoms with Crippen LogP contribution in [0.5, 0.6) is 0 Å². The van der Waals surface area contributed by atoms with Gasteiger partial charge in [-0.3, -0.25) is 0 Å². The van der Waals surface area contributed by atoms with E-state index in [-0.39, 0.29) is 11.4 Å². The Bertz CT molecular complexity index is 437. The minimum atomic E-state index is -0.295. The summed E-state index contributed by atoms with van der Waals surface area (Å²) >= 11 is 0. The molecule has 1 saturated carbocycles. The van der Waals surface area contributed by atoms with Crippen LogP contribution in [0.3, 0.4) is 0 Å². The van der Waals surface area contributed by atoms with Crippen LogP contribution in [0, 0.1) is 34.5 Å². The van der Waals surface area contributed by atoms with E-state index in [4.69, 9.17) is 10.00 Å². The van der Waals surface area contributed by atoms with E-state index >= 15 is 0 Å². The van der Waals surface area contributed by atoms with E-state index in [9.17, 15) is 4.79 Å². The van der Waals surface area contributed by atoms with E-state index < -0.39 is 0 Å². The first-order valence-electron chi connectivity index (χ1n) is 8.56. The molecule has 1 aliphatic carbocycles. The summed E-state index contributed by atoms with van der Waals surface area (Å²) < 4.78 is 5.35. The Balaban J connectivity index is 2.80. The third kappa shape index (κ3) is 4.60. The first-order chi connectivity index (χ1) is 10.4. The summed E-state index contributed by atoms with van der Waals surface area (Å²) in [7, 11) is 0. The normalized spacial score (nSPS) is 31.3. The second-order valence-corrected chi connectivity index (χ2v) is 7.21. The Kier molecular flexibility index (Phi) is 7.13. The lowest BCUT2D eigenvalue weighted by Crippen LogP contribution is -2.41. The van der Waals surface area contributed by atoms with Gasteiger partial charge in [-0.15, -0.1) is 0 Å². The minimum Gasteiger partial charge on any atom is -0.462 e. The topological polar surface area (TPSA) is 50.1 Å². The molecule has 4 unspecified atom stereocenters. The molecule has 0 N–H and O–H groups in total. The highest BCUT2D eigenvalue weighted by molar-refractivity contribution is 5.86. The van der Waals surface area contributed by atoms with Crippen molar-refractivity contribution < 1.29 is 9.53 Å². The van der Waals surface area contributed by atoms with E-state index in [1.54, 1.807) is 6.92 Å². The maximum absolute atomic E-state index is 11.6. The molecule has 0 radical (unpaired) electrons. The van der Waals surface area contributed by atoms with E-state index in [1.807, 2.05) is 0 Å². The lowest BCUT2D eigenvalue weighted by atomic mass is 9.56. The molecule has 1 fully saturated rings. The molecule has 3 nitrogen and oxygen atoms in total. The van der Waals surface area contributed by atoms with Crippen LogP contribution in [0.1, 0.15) is 66.2 Å². The molecule has 0 aromatic carbocycles. The van der Waals surface area contributed by atoms with Gasteiger partial charge in [0.25, 0.3) is 0 Å². The number of nitrogens with zero attached hydrogens (tertiary/aromatic N) is 1. The largest absolute Gasteiger partial charge is 0.462 e. The average molecular weight is 305 g/mol. The Morgan fingerprint density at radius 2 is 2.14 bits per heavy atom. The van der Waals surface area contributed by atoms with Gasteiger partial charge in [-0.25, -0.2) is 4.79 Å². The molecular formula is C19H31NO2. The van der Waals surface area contributed by atoms with Crippen molar-refractivity contribution in [2.24, 2.45) is 23.2 Å². The monoisotopic (exact) mass is 305 g/mol. The molecule has 0 aliphatic heterocycles. The smallest absolute Gasteiger partial charge is 0.333 e. The van der Waals surface area contributed by atoms with Gasteiger partial charge in [0.2, 0.25) is 0 Å². The summed E-state index contributed by atoms with van der Waals surface area (Å²) in [5, 5.41) is 8.96. The fourth-order valence-corrected chi connectivity index (χ4v) is 4.48. The van der Waals surface area contributed by atoms with E-state index in [1.165, 1.54) is 12.8 Å². The molecule has 0 aromatic heterocycles. The summed E-state index contributed by atoms with van der Waals surface area (Å²) in [4.78, 5) is 11.6. The van der Waals surface area contributed by atoms with E-state index in [0.717, 1.165) is 19.3 Å². The summed E-state index contributed by atoms with van der Waals surface area (Å²) in [6, 6.07) is 2.30. The number of rotatable bonds is 7. The minimum absolute atomic E-state index is 0.198. The van der Waals surface area contributed by atoms with Crippen LogP contribution in [0.2, 0.25) is 0 Å². The molecule has 124 valence electrons. The number of nitriles is 1. The molecule has 22 heavy (non-hydrogen) atoms. The predicted molar refractivity (Wildman–Crippen MR) is 89.0 cm³/mol. The summed E-state index contributed by atoms with van der Waals surface area (Å²) in [5.74, 6) is 1.59. The van der Waals surface area contributed by atoms with Gasteiger partial charge in [0.15, 0.2) is 0 Å². The van der Waals surface area contributed by atoms with Crippen LogP contribution in [0.15, 0.2) is 12.2 Å². The first kappa shape index (κ1) is 18.7. The quantitative estimate of drug-likeness (QED) is 0.497. The molecule has 0 amide bonds. The van der Waals surface area contributed by atoms with Gasteiger partial charge < -0.3 is 4.74 Å². The molecule has 3 heteroatoms. The Labute approximate surface area is 135 Å². The summed E-state index contributed by atoms with van der Waals surface area (Å²) in [6.45, 7) is 12.6. The molecule has 4 atom stereocenters. The summed E-state index contributed by atoms with van der Waals surface area (Å²) in [5.41, 5.74) is 0.653. The van der Waals surface area contributed by atoms with E-state index in [0.29, 0.717) is 36.4 Å². The van der Waals surface area contributed by atoms with Gasteiger partial charge in [0, 0.05) is 12.0 Å². The number of esters is 1. The molecule has 0 spiro atoms. The lowest BCUT2D eigenvalue weighted by Gasteiger charge is -2.49.